The van der Waals surface area contributed by atoms with Crippen molar-refractivity contribution in [1.82, 2.24) is 15.1 Å². The van der Waals surface area contributed by atoms with Crippen molar-refractivity contribution in [2.24, 2.45) is 10.7 Å². The molecule has 0 unspecified atom stereocenters. The van der Waals surface area contributed by atoms with Crippen LogP contribution in [0.2, 0.25) is 0 Å². The molecule has 0 spiro atoms. The Morgan fingerprint density at radius 3 is 2.66 bits per heavy atom. The number of phenolic OH excluding ortho intramolecular Hbond substituents is 2. The minimum atomic E-state index is -0.317. The topological polar surface area (TPSA) is 149 Å². The summed E-state index contributed by atoms with van der Waals surface area (Å²) in [6, 6.07) is 6.17. The number of nitrogens with zero attached hydrogens (tertiary/aromatic N) is 2. The van der Waals surface area contributed by atoms with Crippen LogP contribution in [0.25, 0.3) is 32.6 Å². The number of aromatic amines is 1. The molecule has 152 valence electrons. The van der Waals surface area contributed by atoms with Crippen molar-refractivity contribution < 1.29 is 15.3 Å². The molecule has 7 N–H and O–H groups in total. The van der Waals surface area contributed by atoms with Gasteiger partial charge in [-0.15, -0.1) is 0 Å². The molecule has 0 saturated carbocycles. The Kier molecular flexibility index (Phi) is 5.10. The Morgan fingerprint density at radius 2 is 1.90 bits per heavy atom. The summed E-state index contributed by atoms with van der Waals surface area (Å²) in [5.74, 6) is -0.365. The maximum Gasteiger partial charge on any atom is 0.189 e. The first-order valence-electron chi connectivity index (χ1n) is 9.46. The van der Waals surface area contributed by atoms with E-state index < -0.39 is 0 Å². The second kappa shape index (κ2) is 7.70. The van der Waals surface area contributed by atoms with Crippen molar-refractivity contribution in [1.29, 1.82) is 0 Å². The third kappa shape index (κ3) is 3.09. The Bertz CT molecular complexity index is 1310. The molecule has 3 aromatic carbocycles. The maximum atomic E-state index is 12.6. The van der Waals surface area contributed by atoms with Gasteiger partial charge in [-0.25, -0.2) is 0 Å². The van der Waals surface area contributed by atoms with Gasteiger partial charge >= 0.3 is 0 Å². The highest BCUT2D eigenvalue weighted by Gasteiger charge is 2.21. The molecule has 1 aromatic heterocycles. The van der Waals surface area contributed by atoms with E-state index in [1.807, 2.05) is 6.07 Å². The Balaban J connectivity index is 2.08. The number of rotatable bonds is 7. The Labute approximate surface area is 165 Å². The Hall–Kier alpha value is -3.14. The van der Waals surface area contributed by atoms with Crippen LogP contribution in [0.15, 0.2) is 34.1 Å². The molecular weight excluding hydrogens is 374 g/mol. The highest BCUT2D eigenvalue weighted by molar-refractivity contribution is 6.23. The van der Waals surface area contributed by atoms with Crippen molar-refractivity contribution in [2.75, 3.05) is 32.8 Å². The average molecular weight is 397 g/mol. The van der Waals surface area contributed by atoms with E-state index in [1.54, 1.807) is 10.7 Å². The molecule has 0 atom stereocenters. The van der Waals surface area contributed by atoms with E-state index in [1.165, 1.54) is 12.1 Å². The summed E-state index contributed by atoms with van der Waals surface area (Å²) in [5.41, 5.74) is 6.37. The molecule has 0 aliphatic heterocycles. The van der Waals surface area contributed by atoms with Gasteiger partial charge in [-0.1, -0.05) is 0 Å². The summed E-state index contributed by atoms with van der Waals surface area (Å²) in [5, 5.41) is 39.1. The van der Waals surface area contributed by atoms with Crippen LogP contribution < -0.4 is 21.8 Å². The van der Waals surface area contributed by atoms with Crippen LogP contribution in [-0.2, 0) is 6.54 Å². The first kappa shape index (κ1) is 19.2. The minimum absolute atomic E-state index is 0.0909. The van der Waals surface area contributed by atoms with Gasteiger partial charge < -0.3 is 26.4 Å². The first-order chi connectivity index (χ1) is 14.1. The average Bonchev–Trinajstić information content (AvgIpc) is 3.07. The van der Waals surface area contributed by atoms with E-state index in [0.29, 0.717) is 54.4 Å². The SMILES string of the molecule is NCCNCCN=c1ccc2c3c1c(O)c1c(O)ccc(=O)c1c3[nH]n2CCO. The molecule has 0 bridgehead atoms. The van der Waals surface area contributed by atoms with Crippen molar-refractivity contribution in [3.8, 4) is 11.5 Å². The zero-order valence-corrected chi connectivity index (χ0v) is 15.8. The number of aliphatic hydroxyl groups excluding tert-OH is 1. The summed E-state index contributed by atoms with van der Waals surface area (Å²) < 4.78 is 1.71. The lowest BCUT2D eigenvalue weighted by Gasteiger charge is -2.08. The number of nitrogens with one attached hydrogen (secondary N) is 2. The van der Waals surface area contributed by atoms with Crippen molar-refractivity contribution >= 4 is 32.6 Å². The molecule has 0 amide bonds. The zero-order chi connectivity index (χ0) is 20.5. The molecule has 0 aliphatic rings. The number of aliphatic hydroxyl groups is 1. The van der Waals surface area contributed by atoms with Gasteiger partial charge in [0.25, 0.3) is 0 Å². The molecule has 4 rings (SSSR count). The van der Waals surface area contributed by atoms with Gasteiger partial charge in [0.15, 0.2) is 5.43 Å². The highest BCUT2D eigenvalue weighted by Crippen LogP contribution is 2.41. The van der Waals surface area contributed by atoms with Gasteiger partial charge in [-0.3, -0.25) is 19.6 Å². The van der Waals surface area contributed by atoms with Crippen molar-refractivity contribution in [2.45, 2.75) is 6.54 Å². The van der Waals surface area contributed by atoms with Gasteiger partial charge in [0, 0.05) is 25.0 Å². The molecule has 0 radical (unpaired) electrons. The number of fused-ring (bicyclic) bond motifs is 2. The van der Waals surface area contributed by atoms with Crippen LogP contribution in [-0.4, -0.2) is 57.9 Å². The monoisotopic (exact) mass is 397 g/mol. The number of benzene rings is 3. The normalized spacial score (nSPS) is 12.7. The fourth-order valence-corrected chi connectivity index (χ4v) is 3.81. The van der Waals surface area contributed by atoms with Gasteiger partial charge in [-0.05, 0) is 24.3 Å². The standard InChI is InChI=1S/C20H23N5O4/c21-5-6-22-7-8-23-11-1-2-12-16-15(11)20(29)18-14(28)4-3-13(27)17(18)19(16)24-25(12)9-10-26/h1-4,22,24,26,28-29H,5-10,21H2. The third-order valence-corrected chi connectivity index (χ3v) is 5.03. The van der Waals surface area contributed by atoms with Crippen LogP contribution in [0, 0.1) is 0 Å². The number of aromatic nitrogens is 2. The Morgan fingerprint density at radius 1 is 1.07 bits per heavy atom. The van der Waals surface area contributed by atoms with E-state index >= 15 is 0 Å². The zero-order valence-electron chi connectivity index (χ0n) is 15.8. The van der Waals surface area contributed by atoms with Crippen LogP contribution in [0.3, 0.4) is 0 Å². The largest absolute Gasteiger partial charge is 0.507 e. The van der Waals surface area contributed by atoms with Crippen LogP contribution in [0.4, 0.5) is 0 Å². The minimum Gasteiger partial charge on any atom is -0.507 e. The molecular formula is C20H23N5O4. The predicted molar refractivity (Wildman–Crippen MR) is 112 cm³/mol. The molecule has 4 aromatic rings. The molecule has 9 heteroatoms. The summed E-state index contributed by atoms with van der Waals surface area (Å²) in [4.78, 5) is 17.2. The maximum absolute atomic E-state index is 12.6. The highest BCUT2D eigenvalue weighted by atomic mass is 16.3. The fraction of sp³-hybridized carbons (Fsp3) is 0.300. The lowest BCUT2D eigenvalue weighted by atomic mass is 9.99. The van der Waals surface area contributed by atoms with E-state index in [-0.39, 0.29) is 34.3 Å². The predicted octanol–water partition coefficient (Wildman–Crippen LogP) is -0.0737. The second-order valence-corrected chi connectivity index (χ2v) is 6.82. The third-order valence-electron chi connectivity index (χ3n) is 5.03. The summed E-state index contributed by atoms with van der Waals surface area (Å²) in [6.07, 6.45) is 0. The number of phenols is 2. The summed E-state index contributed by atoms with van der Waals surface area (Å²) >= 11 is 0. The first-order valence-corrected chi connectivity index (χ1v) is 9.46. The van der Waals surface area contributed by atoms with Crippen molar-refractivity contribution in [3.63, 3.8) is 0 Å². The summed E-state index contributed by atoms with van der Waals surface area (Å²) in [7, 11) is 0. The molecule has 0 saturated heterocycles. The molecule has 9 nitrogen and oxygen atoms in total. The van der Waals surface area contributed by atoms with E-state index in [2.05, 4.69) is 15.4 Å². The fourth-order valence-electron chi connectivity index (χ4n) is 3.81. The van der Waals surface area contributed by atoms with Gasteiger partial charge in [0.2, 0.25) is 0 Å². The van der Waals surface area contributed by atoms with E-state index in [0.717, 1.165) is 5.52 Å². The number of nitrogens with two attached hydrogens (primary N) is 1. The molecule has 1 heterocycles. The van der Waals surface area contributed by atoms with Crippen LogP contribution >= 0.6 is 0 Å². The van der Waals surface area contributed by atoms with Gasteiger partial charge in [-0.2, -0.15) is 0 Å². The number of hydrogen-bond acceptors (Lipinski definition) is 7. The van der Waals surface area contributed by atoms with Crippen molar-refractivity contribution in [3.05, 3.63) is 39.8 Å². The summed E-state index contributed by atoms with van der Waals surface area (Å²) in [6.45, 7) is 2.53. The molecule has 0 aliphatic carbocycles. The number of H-pyrrole nitrogens is 1. The van der Waals surface area contributed by atoms with Crippen LogP contribution in [0.1, 0.15) is 0 Å². The quantitative estimate of drug-likeness (QED) is 0.190. The lowest BCUT2D eigenvalue weighted by molar-refractivity contribution is 0.272. The van der Waals surface area contributed by atoms with E-state index in [9.17, 15) is 20.1 Å². The van der Waals surface area contributed by atoms with Gasteiger partial charge in [0.1, 0.15) is 11.5 Å². The smallest absolute Gasteiger partial charge is 0.189 e. The number of aromatic hydroxyl groups is 2. The molecule has 0 fully saturated rings. The van der Waals surface area contributed by atoms with E-state index in [4.69, 9.17) is 5.73 Å². The van der Waals surface area contributed by atoms with Gasteiger partial charge in [0.05, 0.1) is 52.2 Å². The lowest BCUT2D eigenvalue weighted by Crippen LogP contribution is -2.25. The second-order valence-electron chi connectivity index (χ2n) is 6.82. The number of hydrogen-bond donors (Lipinski definition) is 6. The van der Waals surface area contributed by atoms with Crippen LogP contribution in [0.5, 0.6) is 11.5 Å². The molecule has 29 heavy (non-hydrogen) atoms.